The highest BCUT2D eigenvalue weighted by molar-refractivity contribution is 5.33. The van der Waals surface area contributed by atoms with Crippen molar-refractivity contribution in [1.29, 1.82) is 0 Å². The van der Waals surface area contributed by atoms with Gasteiger partial charge in [0.25, 0.3) is 0 Å². The molecule has 0 aliphatic heterocycles. The Morgan fingerprint density at radius 3 is 1.97 bits per heavy atom. The van der Waals surface area contributed by atoms with E-state index in [1.807, 2.05) is 0 Å². The molecule has 2 saturated carbocycles. The molecule has 1 aromatic rings. The van der Waals surface area contributed by atoms with Crippen molar-refractivity contribution >= 4 is 0 Å². The molecule has 0 saturated heterocycles. The third kappa shape index (κ3) is 6.45. The van der Waals surface area contributed by atoms with Crippen molar-refractivity contribution < 1.29 is 38.7 Å². The molecule has 0 amide bonds. The van der Waals surface area contributed by atoms with Gasteiger partial charge in [0.2, 0.25) is 0 Å². The van der Waals surface area contributed by atoms with E-state index in [0.717, 1.165) is 18.4 Å². The number of rotatable bonds is 6. The maximum absolute atomic E-state index is 14.6. The van der Waals surface area contributed by atoms with Crippen LogP contribution in [0, 0.1) is 29.5 Å². The van der Waals surface area contributed by atoms with Crippen molar-refractivity contribution in [3.05, 3.63) is 24.0 Å². The van der Waals surface area contributed by atoms with Crippen LogP contribution in [0.3, 0.4) is 0 Å². The maximum atomic E-state index is 14.6. The molecule has 2 aliphatic rings. The van der Waals surface area contributed by atoms with Crippen LogP contribution in [0.15, 0.2) is 18.2 Å². The molecular weight excluding hydrogens is 410 g/mol. The highest BCUT2D eigenvalue weighted by Crippen LogP contribution is 2.43. The molecule has 2 aliphatic carbocycles. The zero-order valence-corrected chi connectivity index (χ0v) is 17.0. The van der Waals surface area contributed by atoms with Crippen molar-refractivity contribution in [2.75, 3.05) is 0 Å². The second kappa shape index (κ2) is 9.27. The molecule has 0 bridgehead atoms. The monoisotopic (exact) mass is 442 g/mol. The zero-order chi connectivity index (χ0) is 21.9. The van der Waals surface area contributed by atoms with Gasteiger partial charge in [0, 0.05) is 8.92 Å². The van der Waals surface area contributed by atoms with Crippen molar-refractivity contribution in [1.82, 2.24) is 0 Å². The second-order valence-electron chi connectivity index (χ2n) is 8.88. The fourth-order valence-corrected chi connectivity index (χ4v) is 4.76. The molecule has 2 fully saturated rings. The maximum Gasteiger partial charge on any atom is 0.573 e. The van der Waals surface area contributed by atoms with Crippen LogP contribution in [-0.2, 0) is 0 Å². The minimum atomic E-state index is -5.07. The summed E-state index contributed by atoms with van der Waals surface area (Å²) in [6.45, 7) is 2.27. The Labute approximate surface area is 175 Å². The van der Waals surface area contributed by atoms with Crippen molar-refractivity contribution in [3.8, 4) is 11.5 Å². The van der Waals surface area contributed by atoms with E-state index in [0.29, 0.717) is 49.7 Å². The van der Waals surface area contributed by atoms with Crippen molar-refractivity contribution in [3.63, 3.8) is 0 Å². The SMILES string of the molecule is CC1CCC(CC2CCC(C(F)(F)Oc3ccc(OC(F)(F)F)c(F)c3)CC2)CC1.[HH].[HH]. The standard InChI is InChI=1S/C22H28F6O2.2H2/c1-14-2-4-15(5-3-14)12-16-6-8-17(9-7-16)21(24,25)29-18-10-11-20(19(23)13-18)30-22(26,27)28;;/h10-11,13-17H,2-9,12H2,1H3;2*1H. The predicted octanol–water partition coefficient (Wildman–Crippen LogP) is 8.21. The van der Waals surface area contributed by atoms with Gasteiger partial charge in [0.15, 0.2) is 11.6 Å². The summed E-state index contributed by atoms with van der Waals surface area (Å²) in [7, 11) is 0. The van der Waals surface area contributed by atoms with Crippen molar-refractivity contribution in [2.45, 2.75) is 77.2 Å². The summed E-state index contributed by atoms with van der Waals surface area (Å²) in [4.78, 5) is 0. The summed E-state index contributed by atoms with van der Waals surface area (Å²) in [5, 5.41) is 0. The Bertz CT molecular complexity index is 700. The first-order chi connectivity index (χ1) is 14.0. The third-order valence-corrected chi connectivity index (χ3v) is 6.51. The predicted molar refractivity (Wildman–Crippen MR) is 104 cm³/mol. The highest BCUT2D eigenvalue weighted by atomic mass is 19.4. The Balaban J connectivity index is 0.00000256. The quantitative estimate of drug-likeness (QED) is 0.413. The summed E-state index contributed by atoms with van der Waals surface area (Å²) in [5.41, 5.74) is 0. The average Bonchev–Trinajstić information content (AvgIpc) is 2.65. The fourth-order valence-electron chi connectivity index (χ4n) is 4.76. The molecule has 30 heavy (non-hydrogen) atoms. The molecule has 0 N–H and O–H groups in total. The summed E-state index contributed by atoms with van der Waals surface area (Å²) in [5.74, 6) is -2.08. The first-order valence-electron chi connectivity index (χ1n) is 10.6. The molecule has 0 unspecified atom stereocenters. The van der Waals surface area contributed by atoms with E-state index in [1.165, 1.54) is 25.7 Å². The van der Waals surface area contributed by atoms with Gasteiger partial charge in [-0.15, -0.1) is 13.2 Å². The highest BCUT2D eigenvalue weighted by Gasteiger charge is 2.44. The lowest BCUT2D eigenvalue weighted by Gasteiger charge is -2.35. The summed E-state index contributed by atoms with van der Waals surface area (Å²) in [6, 6.07) is 1.98. The summed E-state index contributed by atoms with van der Waals surface area (Å²) >= 11 is 0. The molecule has 8 heteroatoms. The molecule has 0 radical (unpaired) electrons. The van der Waals surface area contributed by atoms with Gasteiger partial charge in [-0.1, -0.05) is 32.6 Å². The summed E-state index contributed by atoms with van der Waals surface area (Å²) < 4.78 is 87.7. The van der Waals surface area contributed by atoms with E-state index in [9.17, 15) is 26.3 Å². The molecule has 1 aromatic carbocycles. The topological polar surface area (TPSA) is 18.5 Å². The number of halogens is 6. The molecule has 0 atom stereocenters. The Hall–Kier alpha value is -1.60. The first-order valence-corrected chi connectivity index (χ1v) is 10.6. The normalized spacial score (nSPS) is 28.2. The number of benzene rings is 1. The van der Waals surface area contributed by atoms with Crippen molar-refractivity contribution in [2.24, 2.45) is 23.7 Å². The van der Waals surface area contributed by atoms with Gasteiger partial charge in [-0.05, 0) is 62.0 Å². The minimum Gasteiger partial charge on any atom is -0.432 e. The summed E-state index contributed by atoms with van der Waals surface area (Å²) in [6.07, 6.45) is -0.490. The van der Waals surface area contributed by atoms with Gasteiger partial charge in [-0.25, -0.2) is 4.39 Å². The largest absolute Gasteiger partial charge is 0.573 e. The lowest BCUT2D eigenvalue weighted by molar-refractivity contribution is -0.275. The van der Waals surface area contributed by atoms with E-state index in [4.69, 9.17) is 4.74 Å². The molecule has 3 rings (SSSR count). The number of alkyl halides is 5. The first kappa shape index (κ1) is 23.1. The smallest absolute Gasteiger partial charge is 0.432 e. The lowest BCUT2D eigenvalue weighted by Crippen LogP contribution is -2.37. The Morgan fingerprint density at radius 1 is 0.867 bits per heavy atom. The molecule has 2 nitrogen and oxygen atoms in total. The molecular formula is C22H32F6O2. The zero-order valence-electron chi connectivity index (χ0n) is 17.0. The number of hydrogen-bond acceptors (Lipinski definition) is 2. The molecule has 0 heterocycles. The van der Waals surface area contributed by atoms with E-state index < -0.39 is 35.7 Å². The van der Waals surface area contributed by atoms with Gasteiger partial charge < -0.3 is 9.47 Å². The molecule has 0 aromatic heterocycles. The van der Waals surface area contributed by atoms with Crippen LogP contribution in [0.1, 0.15) is 67.6 Å². The van der Waals surface area contributed by atoms with E-state index in [-0.39, 0.29) is 2.85 Å². The Morgan fingerprint density at radius 2 is 1.43 bits per heavy atom. The second-order valence-corrected chi connectivity index (χ2v) is 8.88. The van der Waals surface area contributed by atoms with Gasteiger partial charge in [0.1, 0.15) is 5.75 Å². The van der Waals surface area contributed by atoms with Gasteiger partial charge in [-0.3, -0.25) is 0 Å². The third-order valence-electron chi connectivity index (χ3n) is 6.51. The van der Waals surface area contributed by atoms with Crippen LogP contribution < -0.4 is 9.47 Å². The van der Waals surface area contributed by atoms with E-state index in [1.54, 1.807) is 0 Å². The number of ether oxygens (including phenoxy) is 2. The van der Waals surface area contributed by atoms with Crippen LogP contribution in [0.2, 0.25) is 0 Å². The Kier molecular flexibility index (Phi) is 7.13. The average molecular weight is 442 g/mol. The lowest BCUT2D eigenvalue weighted by atomic mass is 9.73. The van der Waals surface area contributed by atoms with Crippen LogP contribution in [0.5, 0.6) is 11.5 Å². The van der Waals surface area contributed by atoms with E-state index >= 15 is 0 Å². The number of hydrogen-bond donors (Lipinski definition) is 0. The van der Waals surface area contributed by atoms with Gasteiger partial charge >= 0.3 is 12.5 Å². The van der Waals surface area contributed by atoms with Crippen LogP contribution in [0.4, 0.5) is 26.3 Å². The minimum absolute atomic E-state index is 0. The van der Waals surface area contributed by atoms with Crippen LogP contribution >= 0.6 is 0 Å². The van der Waals surface area contributed by atoms with Crippen LogP contribution in [-0.4, -0.2) is 12.5 Å². The fraction of sp³-hybridized carbons (Fsp3) is 0.727. The van der Waals surface area contributed by atoms with E-state index in [2.05, 4.69) is 11.7 Å². The van der Waals surface area contributed by atoms with Gasteiger partial charge in [-0.2, -0.15) is 8.78 Å². The van der Waals surface area contributed by atoms with Gasteiger partial charge in [0.05, 0.1) is 5.92 Å². The molecule has 174 valence electrons. The van der Waals surface area contributed by atoms with Crippen LogP contribution in [0.25, 0.3) is 0 Å². The molecule has 0 spiro atoms.